The highest BCUT2D eigenvalue weighted by molar-refractivity contribution is 5.87. The van der Waals surface area contributed by atoms with Crippen LogP contribution < -0.4 is 0 Å². The minimum absolute atomic E-state index is 0.132. The van der Waals surface area contributed by atoms with Gasteiger partial charge in [0.15, 0.2) is 0 Å². The lowest BCUT2D eigenvalue weighted by Crippen LogP contribution is -1.76. The van der Waals surface area contributed by atoms with Crippen LogP contribution in [0.2, 0.25) is 0 Å². The van der Waals surface area contributed by atoms with Crippen molar-refractivity contribution in [1.29, 1.82) is 0 Å². The van der Waals surface area contributed by atoms with Crippen LogP contribution in [-0.4, -0.2) is 15.2 Å². The van der Waals surface area contributed by atoms with Gasteiger partial charge in [0.2, 0.25) is 0 Å². The van der Waals surface area contributed by atoms with E-state index in [9.17, 15) is 5.11 Å². The number of phenolic OH excluding ortho intramolecular Hbond substituents is 1. The molecule has 0 amide bonds. The second-order valence-corrected chi connectivity index (χ2v) is 2.56. The number of pyridine rings is 1. The molecule has 0 radical (unpaired) electrons. The molecule has 2 rings (SSSR count). The van der Waals surface area contributed by atoms with E-state index in [1.807, 2.05) is 0 Å². The molecule has 60 valence electrons. The molecule has 0 saturated carbocycles. The van der Waals surface area contributed by atoms with Crippen LogP contribution in [-0.2, 0) is 0 Å². The molecular formula is C9H7NO2. The first-order valence-corrected chi connectivity index (χ1v) is 3.53. The van der Waals surface area contributed by atoms with Crippen LogP contribution in [0.1, 0.15) is 0 Å². The molecule has 0 aliphatic rings. The van der Waals surface area contributed by atoms with Gasteiger partial charge in [0.05, 0.1) is 6.20 Å². The number of nitrogens with zero attached hydrogens (tertiary/aromatic N) is 1. The number of aromatic hydroxyl groups is 2. The second-order valence-electron chi connectivity index (χ2n) is 2.56. The van der Waals surface area contributed by atoms with Gasteiger partial charge in [0.1, 0.15) is 11.5 Å². The maximum atomic E-state index is 9.32. The van der Waals surface area contributed by atoms with E-state index in [4.69, 9.17) is 5.11 Å². The number of rotatable bonds is 0. The summed E-state index contributed by atoms with van der Waals surface area (Å²) < 4.78 is 0. The van der Waals surface area contributed by atoms with Crippen LogP contribution in [0, 0.1) is 0 Å². The van der Waals surface area contributed by atoms with Crippen molar-refractivity contribution in [2.75, 3.05) is 0 Å². The normalized spacial score (nSPS) is 10.3. The molecule has 1 aromatic heterocycles. The Balaban J connectivity index is 2.86. The number of aromatic nitrogens is 1. The van der Waals surface area contributed by atoms with Gasteiger partial charge in [-0.15, -0.1) is 0 Å². The average Bonchev–Trinajstić information content (AvgIpc) is 2.04. The van der Waals surface area contributed by atoms with Crippen molar-refractivity contribution in [3.8, 4) is 11.5 Å². The van der Waals surface area contributed by atoms with Gasteiger partial charge in [-0.3, -0.25) is 4.98 Å². The third kappa shape index (κ3) is 0.955. The lowest BCUT2D eigenvalue weighted by molar-refractivity contribution is 0.474. The van der Waals surface area contributed by atoms with Crippen molar-refractivity contribution in [3.05, 3.63) is 30.6 Å². The summed E-state index contributed by atoms with van der Waals surface area (Å²) in [5.41, 5.74) is 0. The van der Waals surface area contributed by atoms with E-state index in [-0.39, 0.29) is 11.5 Å². The Morgan fingerprint density at radius 2 is 1.92 bits per heavy atom. The lowest BCUT2D eigenvalue weighted by Gasteiger charge is -1.99. The molecule has 1 heterocycles. The van der Waals surface area contributed by atoms with Crippen LogP contribution in [0.3, 0.4) is 0 Å². The summed E-state index contributed by atoms with van der Waals surface area (Å²) in [6.45, 7) is 0. The third-order valence-electron chi connectivity index (χ3n) is 1.72. The first-order valence-electron chi connectivity index (χ1n) is 3.53. The second kappa shape index (κ2) is 2.37. The molecule has 0 bridgehead atoms. The summed E-state index contributed by atoms with van der Waals surface area (Å²) >= 11 is 0. The number of fused-ring (bicyclic) bond motifs is 1. The smallest absolute Gasteiger partial charge is 0.141 e. The van der Waals surface area contributed by atoms with Crippen LogP contribution in [0.5, 0.6) is 11.5 Å². The van der Waals surface area contributed by atoms with E-state index in [0.717, 1.165) is 5.39 Å². The minimum atomic E-state index is 0.132. The van der Waals surface area contributed by atoms with Crippen LogP contribution >= 0.6 is 0 Å². The molecule has 0 unspecified atom stereocenters. The van der Waals surface area contributed by atoms with Crippen molar-refractivity contribution in [1.82, 2.24) is 4.98 Å². The summed E-state index contributed by atoms with van der Waals surface area (Å²) in [6.07, 6.45) is 2.97. The molecule has 0 atom stereocenters. The Labute approximate surface area is 68.9 Å². The van der Waals surface area contributed by atoms with E-state index >= 15 is 0 Å². The molecular weight excluding hydrogens is 154 g/mol. The molecule has 0 aliphatic heterocycles. The molecule has 3 heteroatoms. The summed E-state index contributed by atoms with van der Waals surface area (Å²) in [4.78, 5) is 3.79. The van der Waals surface area contributed by atoms with Crippen LogP contribution in [0.4, 0.5) is 0 Å². The maximum Gasteiger partial charge on any atom is 0.141 e. The Morgan fingerprint density at radius 1 is 1.08 bits per heavy atom. The highest BCUT2D eigenvalue weighted by Crippen LogP contribution is 2.25. The third-order valence-corrected chi connectivity index (χ3v) is 1.72. The van der Waals surface area contributed by atoms with Crippen molar-refractivity contribution in [2.24, 2.45) is 0 Å². The summed E-state index contributed by atoms with van der Waals surface area (Å²) in [7, 11) is 0. The zero-order valence-corrected chi connectivity index (χ0v) is 6.23. The van der Waals surface area contributed by atoms with Gasteiger partial charge < -0.3 is 10.2 Å². The monoisotopic (exact) mass is 161 g/mol. The van der Waals surface area contributed by atoms with Gasteiger partial charge in [-0.25, -0.2) is 0 Å². The van der Waals surface area contributed by atoms with E-state index in [0.29, 0.717) is 5.39 Å². The number of benzene rings is 1. The fourth-order valence-electron chi connectivity index (χ4n) is 1.15. The van der Waals surface area contributed by atoms with Crippen LogP contribution in [0.25, 0.3) is 10.8 Å². The molecule has 0 fully saturated rings. The topological polar surface area (TPSA) is 53.4 Å². The summed E-state index contributed by atoms with van der Waals surface area (Å²) in [5, 5.41) is 19.9. The molecule has 0 aliphatic carbocycles. The quantitative estimate of drug-likeness (QED) is 0.617. The summed E-state index contributed by atoms with van der Waals surface area (Å²) in [6, 6.07) is 4.74. The van der Waals surface area contributed by atoms with Crippen molar-refractivity contribution >= 4 is 10.8 Å². The molecule has 12 heavy (non-hydrogen) atoms. The maximum absolute atomic E-state index is 9.32. The molecule has 0 spiro atoms. The van der Waals surface area contributed by atoms with Crippen molar-refractivity contribution in [3.63, 3.8) is 0 Å². The van der Waals surface area contributed by atoms with Gasteiger partial charge in [-0.05, 0) is 18.2 Å². The van der Waals surface area contributed by atoms with Gasteiger partial charge in [0.25, 0.3) is 0 Å². The van der Waals surface area contributed by atoms with Gasteiger partial charge in [-0.1, -0.05) is 0 Å². The first kappa shape index (κ1) is 6.91. The highest BCUT2D eigenvalue weighted by atomic mass is 16.3. The van der Waals surface area contributed by atoms with Crippen molar-refractivity contribution in [2.45, 2.75) is 0 Å². The zero-order chi connectivity index (χ0) is 8.55. The van der Waals surface area contributed by atoms with Crippen molar-refractivity contribution < 1.29 is 10.2 Å². The molecule has 3 nitrogen and oxygen atoms in total. The Hall–Kier alpha value is -1.77. The predicted octanol–water partition coefficient (Wildman–Crippen LogP) is 1.65. The van der Waals surface area contributed by atoms with Gasteiger partial charge in [-0.2, -0.15) is 0 Å². The van der Waals surface area contributed by atoms with Crippen LogP contribution in [0.15, 0.2) is 30.6 Å². The van der Waals surface area contributed by atoms with E-state index in [1.54, 1.807) is 18.3 Å². The van der Waals surface area contributed by atoms with E-state index < -0.39 is 0 Å². The molecule has 1 aromatic carbocycles. The number of hydrogen-bond donors (Lipinski definition) is 2. The highest BCUT2D eigenvalue weighted by Gasteiger charge is 1.99. The number of phenols is 1. The molecule has 2 N–H and O–H groups in total. The fraction of sp³-hybridized carbons (Fsp3) is 0. The predicted molar refractivity (Wildman–Crippen MR) is 45.1 cm³/mol. The first-order chi connectivity index (χ1) is 5.77. The average molecular weight is 161 g/mol. The fourth-order valence-corrected chi connectivity index (χ4v) is 1.15. The molecule has 0 saturated heterocycles. The number of hydrogen-bond acceptors (Lipinski definition) is 3. The Morgan fingerprint density at radius 3 is 2.75 bits per heavy atom. The zero-order valence-electron chi connectivity index (χ0n) is 6.23. The van der Waals surface area contributed by atoms with Gasteiger partial charge in [0, 0.05) is 17.0 Å². The molecule has 2 aromatic rings. The van der Waals surface area contributed by atoms with Gasteiger partial charge >= 0.3 is 0 Å². The Kier molecular flexibility index (Phi) is 1.37. The van der Waals surface area contributed by atoms with E-state index in [1.165, 1.54) is 12.3 Å². The standard InChI is InChI=1S/C9H7NO2/c11-7-1-2-8-6(3-7)4-10-5-9(8)12/h1-5,11-12H. The largest absolute Gasteiger partial charge is 0.508 e. The minimum Gasteiger partial charge on any atom is -0.508 e. The lowest BCUT2D eigenvalue weighted by atomic mass is 10.1. The summed E-state index contributed by atoms with van der Waals surface area (Å²) in [5.74, 6) is 0.308. The SMILES string of the molecule is Oc1ccc2c(O)cncc2c1. The Bertz CT molecular complexity index is 426. The van der Waals surface area contributed by atoms with E-state index in [2.05, 4.69) is 4.98 Å².